The van der Waals surface area contributed by atoms with Crippen LogP contribution in [0.1, 0.15) is 48.2 Å². The number of rotatable bonds is 4. The lowest BCUT2D eigenvalue weighted by atomic mass is 9.92. The first-order chi connectivity index (χ1) is 10.00. The quantitative estimate of drug-likeness (QED) is 0.835. The minimum atomic E-state index is -0.00387. The van der Waals surface area contributed by atoms with E-state index in [0.29, 0.717) is 23.4 Å². The van der Waals surface area contributed by atoms with Gasteiger partial charge in [0.2, 0.25) is 0 Å². The maximum atomic E-state index is 12.4. The predicted octanol–water partition coefficient (Wildman–Crippen LogP) is 2.47. The smallest absolute Gasteiger partial charge is 0.251 e. The van der Waals surface area contributed by atoms with Crippen molar-refractivity contribution in [2.45, 2.75) is 33.6 Å². The van der Waals surface area contributed by atoms with Crippen LogP contribution in [0.5, 0.6) is 0 Å². The summed E-state index contributed by atoms with van der Waals surface area (Å²) in [6.45, 7) is 7.49. The van der Waals surface area contributed by atoms with E-state index in [-0.39, 0.29) is 5.91 Å². The van der Waals surface area contributed by atoms with Gasteiger partial charge in [-0.05, 0) is 48.8 Å². The van der Waals surface area contributed by atoms with Crippen LogP contribution in [0.3, 0.4) is 0 Å². The number of nitrogens with one attached hydrogen (secondary N) is 1. The molecule has 0 atom stereocenters. The molecule has 0 bridgehead atoms. The van der Waals surface area contributed by atoms with E-state index in [2.05, 4.69) is 31.0 Å². The van der Waals surface area contributed by atoms with Crippen LogP contribution in [0, 0.1) is 30.1 Å². The van der Waals surface area contributed by atoms with Crippen molar-refractivity contribution in [2.24, 2.45) is 17.1 Å². The third kappa shape index (κ3) is 3.46. The van der Waals surface area contributed by atoms with Crippen molar-refractivity contribution in [3.8, 4) is 11.8 Å². The van der Waals surface area contributed by atoms with Crippen LogP contribution < -0.4 is 11.1 Å². The fourth-order valence-corrected chi connectivity index (χ4v) is 2.63. The third-order valence-corrected chi connectivity index (χ3v) is 4.62. The van der Waals surface area contributed by atoms with Gasteiger partial charge in [-0.2, -0.15) is 0 Å². The number of carbonyl (C=O) groups excluding carboxylic acids is 1. The molecule has 3 N–H and O–H groups in total. The van der Waals surface area contributed by atoms with Gasteiger partial charge in [0.05, 0.1) is 6.54 Å². The van der Waals surface area contributed by atoms with Crippen LogP contribution >= 0.6 is 0 Å². The second-order valence-electron chi connectivity index (χ2n) is 6.18. The minimum Gasteiger partial charge on any atom is -0.351 e. The third-order valence-electron chi connectivity index (χ3n) is 4.62. The van der Waals surface area contributed by atoms with Gasteiger partial charge >= 0.3 is 0 Å². The molecule has 3 heteroatoms. The monoisotopic (exact) mass is 284 g/mol. The number of hydrogen-bond donors (Lipinski definition) is 2. The zero-order chi connectivity index (χ0) is 15.5. The van der Waals surface area contributed by atoms with E-state index < -0.39 is 0 Å². The molecule has 1 aliphatic carbocycles. The molecular formula is C18H24N2O. The highest BCUT2D eigenvalue weighted by molar-refractivity contribution is 5.96. The number of carbonyl (C=O) groups is 1. The largest absolute Gasteiger partial charge is 0.351 e. The average molecular weight is 284 g/mol. The second-order valence-corrected chi connectivity index (χ2v) is 6.18. The van der Waals surface area contributed by atoms with E-state index in [1.54, 1.807) is 0 Å². The fourth-order valence-electron chi connectivity index (χ4n) is 2.63. The van der Waals surface area contributed by atoms with Gasteiger partial charge < -0.3 is 11.1 Å². The Hall–Kier alpha value is -1.79. The van der Waals surface area contributed by atoms with Crippen molar-refractivity contribution in [1.82, 2.24) is 5.32 Å². The summed E-state index contributed by atoms with van der Waals surface area (Å²) in [6.07, 6.45) is 2.43. The second kappa shape index (κ2) is 6.32. The van der Waals surface area contributed by atoms with Gasteiger partial charge in [0, 0.05) is 17.7 Å². The molecule has 0 radical (unpaired) electrons. The molecule has 1 aromatic carbocycles. The van der Waals surface area contributed by atoms with Gasteiger partial charge in [0.15, 0.2) is 0 Å². The molecular weight excluding hydrogens is 260 g/mol. The summed E-state index contributed by atoms with van der Waals surface area (Å²) in [4.78, 5) is 12.4. The predicted molar refractivity (Wildman–Crippen MR) is 85.9 cm³/mol. The van der Waals surface area contributed by atoms with Gasteiger partial charge in [0.1, 0.15) is 0 Å². The van der Waals surface area contributed by atoms with Crippen LogP contribution in [0.15, 0.2) is 18.2 Å². The molecule has 1 fully saturated rings. The van der Waals surface area contributed by atoms with Crippen molar-refractivity contribution >= 4 is 5.91 Å². The van der Waals surface area contributed by atoms with E-state index >= 15 is 0 Å². The maximum Gasteiger partial charge on any atom is 0.251 e. The summed E-state index contributed by atoms with van der Waals surface area (Å²) in [7, 11) is 0. The minimum absolute atomic E-state index is 0.00387. The molecule has 0 saturated heterocycles. The lowest BCUT2D eigenvalue weighted by molar-refractivity contribution is 0.0939. The normalized spacial score (nSPS) is 15.3. The Labute approximate surface area is 127 Å². The van der Waals surface area contributed by atoms with Crippen LogP contribution in [0.25, 0.3) is 0 Å². The van der Waals surface area contributed by atoms with Crippen LogP contribution in [-0.4, -0.2) is 19.0 Å². The van der Waals surface area contributed by atoms with E-state index in [4.69, 9.17) is 5.73 Å². The summed E-state index contributed by atoms with van der Waals surface area (Å²) < 4.78 is 0. The molecule has 0 spiro atoms. The van der Waals surface area contributed by atoms with Crippen molar-refractivity contribution in [3.05, 3.63) is 34.9 Å². The molecule has 2 rings (SSSR count). The fraction of sp³-hybridized carbons (Fsp3) is 0.500. The topological polar surface area (TPSA) is 55.1 Å². The van der Waals surface area contributed by atoms with E-state index in [1.165, 1.54) is 12.8 Å². The Morgan fingerprint density at radius 1 is 1.43 bits per heavy atom. The van der Waals surface area contributed by atoms with Crippen molar-refractivity contribution < 1.29 is 4.79 Å². The molecule has 3 nitrogen and oxygen atoms in total. The Bertz CT molecular complexity index is 589. The molecule has 1 saturated carbocycles. The van der Waals surface area contributed by atoms with Gasteiger partial charge in [0.25, 0.3) is 5.91 Å². The van der Waals surface area contributed by atoms with Gasteiger partial charge in [-0.1, -0.05) is 31.8 Å². The molecule has 0 aromatic heterocycles. The van der Waals surface area contributed by atoms with Crippen molar-refractivity contribution in [1.29, 1.82) is 0 Å². The van der Waals surface area contributed by atoms with Gasteiger partial charge in [-0.15, -0.1) is 0 Å². The van der Waals surface area contributed by atoms with Crippen LogP contribution in [-0.2, 0) is 0 Å². The van der Waals surface area contributed by atoms with E-state index in [0.717, 1.165) is 17.7 Å². The van der Waals surface area contributed by atoms with Crippen LogP contribution in [0.2, 0.25) is 0 Å². The molecule has 21 heavy (non-hydrogen) atoms. The Morgan fingerprint density at radius 3 is 2.71 bits per heavy atom. The molecule has 112 valence electrons. The SMILES string of the molecule is Cc1c(C#CCN)cccc1C(=O)NCC1(C(C)C)CC1. The first-order valence-corrected chi connectivity index (χ1v) is 7.57. The molecule has 0 heterocycles. The lowest BCUT2D eigenvalue weighted by Crippen LogP contribution is -2.33. The first-order valence-electron chi connectivity index (χ1n) is 7.57. The highest BCUT2D eigenvalue weighted by Gasteiger charge is 2.45. The number of amides is 1. The van der Waals surface area contributed by atoms with E-state index in [9.17, 15) is 4.79 Å². The van der Waals surface area contributed by atoms with Crippen molar-refractivity contribution in [2.75, 3.05) is 13.1 Å². The summed E-state index contributed by atoms with van der Waals surface area (Å²) in [5.74, 6) is 6.46. The summed E-state index contributed by atoms with van der Waals surface area (Å²) in [5.41, 5.74) is 8.22. The Morgan fingerprint density at radius 2 is 2.14 bits per heavy atom. The zero-order valence-electron chi connectivity index (χ0n) is 13.1. The highest BCUT2D eigenvalue weighted by atomic mass is 16.1. The number of benzene rings is 1. The van der Waals surface area contributed by atoms with Gasteiger partial charge in [-0.3, -0.25) is 4.79 Å². The highest BCUT2D eigenvalue weighted by Crippen LogP contribution is 2.51. The summed E-state index contributed by atoms with van der Waals surface area (Å²) in [6, 6.07) is 5.65. The molecule has 0 unspecified atom stereocenters. The zero-order valence-corrected chi connectivity index (χ0v) is 13.1. The Balaban J connectivity index is 2.09. The maximum absolute atomic E-state index is 12.4. The molecule has 1 amide bonds. The standard InChI is InChI=1S/C18H24N2O/c1-13(2)18(9-10-18)12-20-17(21)16-8-4-6-15(14(16)3)7-5-11-19/h4,6,8,13H,9-12,19H2,1-3H3,(H,20,21). The van der Waals surface area contributed by atoms with E-state index in [1.807, 2.05) is 25.1 Å². The molecule has 1 aromatic rings. The van der Waals surface area contributed by atoms with Crippen LogP contribution in [0.4, 0.5) is 0 Å². The van der Waals surface area contributed by atoms with Gasteiger partial charge in [-0.25, -0.2) is 0 Å². The number of hydrogen-bond acceptors (Lipinski definition) is 2. The molecule has 0 aliphatic heterocycles. The summed E-state index contributed by atoms with van der Waals surface area (Å²) in [5, 5.41) is 3.10. The lowest BCUT2D eigenvalue weighted by Gasteiger charge is -2.20. The molecule has 1 aliphatic rings. The summed E-state index contributed by atoms with van der Waals surface area (Å²) >= 11 is 0. The Kier molecular flexibility index (Phi) is 4.69. The number of nitrogens with two attached hydrogens (primary N) is 1. The first kappa shape index (κ1) is 15.6. The van der Waals surface area contributed by atoms with Crippen molar-refractivity contribution in [3.63, 3.8) is 0 Å². The average Bonchev–Trinajstić information content (AvgIpc) is 3.25.